The minimum Gasteiger partial charge on any atom is -0.314 e. The fourth-order valence-corrected chi connectivity index (χ4v) is 2.71. The number of halogens is 2. The average Bonchev–Trinajstić information content (AvgIpc) is 3.23. The van der Waals surface area contributed by atoms with Crippen LogP contribution in [0.4, 0.5) is 4.39 Å². The van der Waals surface area contributed by atoms with Crippen molar-refractivity contribution in [1.29, 1.82) is 0 Å². The SMILES string of the molecule is Cc1nn(-c2ccc(Cl)c(F)c2)c(C)c1CCNC1CC1. The van der Waals surface area contributed by atoms with Crippen LogP contribution < -0.4 is 5.32 Å². The highest BCUT2D eigenvalue weighted by Gasteiger charge is 2.20. The fraction of sp³-hybridized carbons (Fsp3) is 0.438. The molecule has 21 heavy (non-hydrogen) atoms. The Morgan fingerprint density at radius 1 is 1.38 bits per heavy atom. The summed E-state index contributed by atoms with van der Waals surface area (Å²) < 4.78 is 15.4. The van der Waals surface area contributed by atoms with Crippen molar-refractivity contribution in [1.82, 2.24) is 15.1 Å². The quantitative estimate of drug-likeness (QED) is 0.915. The molecule has 1 aliphatic rings. The summed E-state index contributed by atoms with van der Waals surface area (Å²) in [6.45, 7) is 4.99. The Kier molecular flexibility index (Phi) is 4.00. The molecular formula is C16H19ClFN3. The summed E-state index contributed by atoms with van der Waals surface area (Å²) in [5.41, 5.74) is 4.00. The second-order valence-corrected chi connectivity index (χ2v) is 6.05. The lowest BCUT2D eigenvalue weighted by Gasteiger charge is -2.07. The van der Waals surface area contributed by atoms with E-state index in [1.54, 1.807) is 16.8 Å². The highest BCUT2D eigenvalue weighted by Crippen LogP contribution is 2.23. The lowest BCUT2D eigenvalue weighted by atomic mass is 10.1. The summed E-state index contributed by atoms with van der Waals surface area (Å²) >= 11 is 5.74. The van der Waals surface area contributed by atoms with Gasteiger partial charge in [0, 0.05) is 17.8 Å². The lowest BCUT2D eigenvalue weighted by Crippen LogP contribution is -2.19. The standard InChI is InChI=1S/C16H19ClFN3/c1-10-14(7-8-19-12-3-4-12)11(2)21(20-10)13-5-6-15(17)16(18)9-13/h5-6,9,12,19H,3-4,7-8H2,1-2H3. The molecule has 0 bridgehead atoms. The molecule has 3 rings (SSSR count). The molecule has 0 radical (unpaired) electrons. The first kappa shape index (κ1) is 14.5. The van der Waals surface area contributed by atoms with Crippen LogP contribution in [0.25, 0.3) is 5.69 Å². The van der Waals surface area contributed by atoms with Gasteiger partial charge in [-0.05, 0) is 57.4 Å². The Balaban J connectivity index is 1.83. The first-order chi connectivity index (χ1) is 10.1. The highest BCUT2D eigenvalue weighted by atomic mass is 35.5. The van der Waals surface area contributed by atoms with Gasteiger partial charge >= 0.3 is 0 Å². The molecule has 2 aromatic rings. The van der Waals surface area contributed by atoms with Crippen LogP contribution in [0.3, 0.4) is 0 Å². The summed E-state index contributed by atoms with van der Waals surface area (Å²) in [6, 6.07) is 5.49. The molecule has 0 unspecified atom stereocenters. The smallest absolute Gasteiger partial charge is 0.143 e. The van der Waals surface area contributed by atoms with Gasteiger partial charge in [-0.1, -0.05) is 11.6 Å². The normalized spacial score (nSPS) is 14.7. The van der Waals surface area contributed by atoms with Crippen LogP contribution in [-0.4, -0.2) is 22.4 Å². The number of rotatable bonds is 5. The zero-order chi connectivity index (χ0) is 15.0. The summed E-state index contributed by atoms with van der Waals surface area (Å²) in [5.74, 6) is -0.418. The maximum absolute atomic E-state index is 13.6. The van der Waals surface area contributed by atoms with Crippen molar-refractivity contribution in [3.05, 3.63) is 46.0 Å². The van der Waals surface area contributed by atoms with Crippen LogP contribution in [0.1, 0.15) is 29.8 Å². The molecule has 1 aliphatic carbocycles. The third kappa shape index (κ3) is 3.11. The molecule has 0 aliphatic heterocycles. The summed E-state index contributed by atoms with van der Waals surface area (Å²) in [7, 11) is 0. The third-order valence-corrected chi connectivity index (χ3v) is 4.28. The van der Waals surface area contributed by atoms with Crippen molar-refractivity contribution in [3.63, 3.8) is 0 Å². The van der Waals surface area contributed by atoms with E-state index in [-0.39, 0.29) is 5.02 Å². The van der Waals surface area contributed by atoms with E-state index in [0.717, 1.165) is 24.4 Å². The van der Waals surface area contributed by atoms with Gasteiger partial charge in [-0.15, -0.1) is 0 Å². The molecule has 0 amide bonds. The van der Waals surface area contributed by atoms with E-state index in [1.807, 2.05) is 13.8 Å². The monoisotopic (exact) mass is 307 g/mol. The van der Waals surface area contributed by atoms with Gasteiger partial charge in [0.2, 0.25) is 0 Å². The maximum Gasteiger partial charge on any atom is 0.143 e. The van der Waals surface area contributed by atoms with Crippen LogP contribution in [0.15, 0.2) is 18.2 Å². The van der Waals surface area contributed by atoms with Crippen molar-refractivity contribution in [3.8, 4) is 5.69 Å². The zero-order valence-corrected chi connectivity index (χ0v) is 13.0. The minimum absolute atomic E-state index is 0.133. The first-order valence-electron chi connectivity index (χ1n) is 7.30. The lowest BCUT2D eigenvalue weighted by molar-refractivity contribution is 0.625. The number of benzene rings is 1. The Morgan fingerprint density at radius 3 is 2.81 bits per heavy atom. The number of nitrogens with zero attached hydrogens (tertiary/aromatic N) is 2. The van der Waals surface area contributed by atoms with E-state index in [0.29, 0.717) is 11.7 Å². The molecule has 0 spiro atoms. The maximum atomic E-state index is 13.6. The van der Waals surface area contributed by atoms with Crippen molar-refractivity contribution >= 4 is 11.6 Å². The van der Waals surface area contributed by atoms with Gasteiger partial charge in [0.05, 0.1) is 16.4 Å². The molecular weight excluding hydrogens is 289 g/mol. The zero-order valence-electron chi connectivity index (χ0n) is 12.3. The molecule has 5 heteroatoms. The Bertz CT molecular complexity index is 662. The van der Waals surface area contributed by atoms with E-state index >= 15 is 0 Å². The van der Waals surface area contributed by atoms with E-state index in [1.165, 1.54) is 24.5 Å². The largest absolute Gasteiger partial charge is 0.314 e. The van der Waals surface area contributed by atoms with Gasteiger partial charge < -0.3 is 5.32 Å². The molecule has 1 saturated carbocycles. The van der Waals surface area contributed by atoms with Gasteiger partial charge in [-0.3, -0.25) is 0 Å². The predicted molar refractivity (Wildman–Crippen MR) is 82.7 cm³/mol. The first-order valence-corrected chi connectivity index (χ1v) is 7.68. The van der Waals surface area contributed by atoms with Gasteiger partial charge in [-0.25, -0.2) is 9.07 Å². The number of aryl methyl sites for hydroxylation is 1. The topological polar surface area (TPSA) is 29.9 Å². The van der Waals surface area contributed by atoms with Crippen LogP contribution in [-0.2, 0) is 6.42 Å². The average molecular weight is 308 g/mol. The number of hydrogen-bond acceptors (Lipinski definition) is 2. The molecule has 1 fully saturated rings. The van der Waals surface area contributed by atoms with Crippen LogP contribution in [0.2, 0.25) is 5.02 Å². The highest BCUT2D eigenvalue weighted by molar-refractivity contribution is 6.30. The molecule has 3 nitrogen and oxygen atoms in total. The van der Waals surface area contributed by atoms with Crippen LogP contribution in [0.5, 0.6) is 0 Å². The van der Waals surface area contributed by atoms with Crippen molar-refractivity contribution in [2.24, 2.45) is 0 Å². The summed E-state index contributed by atoms with van der Waals surface area (Å²) in [4.78, 5) is 0. The molecule has 1 aromatic heterocycles. The second kappa shape index (κ2) is 5.78. The van der Waals surface area contributed by atoms with Gasteiger partial charge in [0.25, 0.3) is 0 Å². The second-order valence-electron chi connectivity index (χ2n) is 5.64. The van der Waals surface area contributed by atoms with Crippen LogP contribution in [0, 0.1) is 19.7 Å². The summed E-state index contributed by atoms with van der Waals surface area (Å²) in [5, 5.41) is 8.19. The minimum atomic E-state index is -0.418. The molecule has 0 saturated heterocycles. The van der Waals surface area contributed by atoms with E-state index in [4.69, 9.17) is 11.6 Å². The molecule has 1 N–H and O–H groups in total. The van der Waals surface area contributed by atoms with Crippen molar-refractivity contribution < 1.29 is 4.39 Å². The van der Waals surface area contributed by atoms with Crippen LogP contribution >= 0.6 is 11.6 Å². The Morgan fingerprint density at radius 2 is 2.14 bits per heavy atom. The number of aromatic nitrogens is 2. The van der Waals surface area contributed by atoms with E-state index in [2.05, 4.69) is 10.4 Å². The van der Waals surface area contributed by atoms with Crippen molar-refractivity contribution in [2.75, 3.05) is 6.54 Å². The molecule has 1 heterocycles. The van der Waals surface area contributed by atoms with Crippen molar-refractivity contribution in [2.45, 2.75) is 39.2 Å². The predicted octanol–water partition coefficient (Wildman–Crippen LogP) is 3.58. The van der Waals surface area contributed by atoms with E-state index < -0.39 is 5.82 Å². The molecule has 0 atom stereocenters. The Labute approximate surface area is 129 Å². The third-order valence-electron chi connectivity index (χ3n) is 3.97. The fourth-order valence-electron chi connectivity index (χ4n) is 2.59. The summed E-state index contributed by atoms with van der Waals surface area (Å²) in [6.07, 6.45) is 3.53. The van der Waals surface area contributed by atoms with Gasteiger partial charge in [-0.2, -0.15) is 5.10 Å². The molecule has 1 aromatic carbocycles. The Hall–Kier alpha value is -1.39. The van der Waals surface area contributed by atoms with Gasteiger partial charge in [0.1, 0.15) is 5.82 Å². The number of nitrogens with one attached hydrogen (secondary N) is 1. The number of hydrogen-bond donors (Lipinski definition) is 1. The molecule has 112 valence electrons. The van der Waals surface area contributed by atoms with Gasteiger partial charge in [0.15, 0.2) is 0 Å². The van der Waals surface area contributed by atoms with E-state index in [9.17, 15) is 4.39 Å².